The van der Waals surface area contributed by atoms with Gasteiger partial charge in [-0.2, -0.15) is 0 Å². The second-order valence-corrected chi connectivity index (χ2v) is 6.31. The Bertz CT molecular complexity index is 381. The highest BCUT2D eigenvalue weighted by molar-refractivity contribution is 6.30. The number of rotatable bonds is 5. The van der Waals surface area contributed by atoms with Gasteiger partial charge >= 0.3 is 0 Å². The molecule has 0 spiro atoms. The van der Waals surface area contributed by atoms with Crippen LogP contribution in [0.1, 0.15) is 51.5 Å². The number of hydrogen-bond donors (Lipinski definition) is 1. The van der Waals surface area contributed by atoms with E-state index in [-0.39, 0.29) is 11.5 Å². The summed E-state index contributed by atoms with van der Waals surface area (Å²) in [6, 6.07) is 8.60. The first-order valence-electron chi connectivity index (χ1n) is 7.10. The summed E-state index contributed by atoms with van der Waals surface area (Å²) < 4.78 is 0. The molecule has 2 heteroatoms. The quantitative estimate of drug-likeness (QED) is 0.832. The lowest BCUT2D eigenvalue weighted by atomic mass is 9.59. The number of halogens is 1. The fourth-order valence-corrected chi connectivity index (χ4v) is 3.16. The summed E-state index contributed by atoms with van der Waals surface area (Å²) in [5, 5.41) is 0.809. The second-order valence-electron chi connectivity index (χ2n) is 5.87. The largest absolute Gasteiger partial charge is 0.327 e. The van der Waals surface area contributed by atoms with E-state index >= 15 is 0 Å². The van der Waals surface area contributed by atoms with Crippen molar-refractivity contribution in [2.75, 3.05) is 0 Å². The van der Waals surface area contributed by atoms with E-state index in [1.165, 1.54) is 31.2 Å². The maximum absolute atomic E-state index is 6.53. The molecule has 0 aliphatic heterocycles. The van der Waals surface area contributed by atoms with E-state index in [9.17, 15) is 0 Å². The van der Waals surface area contributed by atoms with Gasteiger partial charge in [0.05, 0.1) is 0 Å². The molecule has 2 rings (SSSR count). The molecule has 0 heterocycles. The Morgan fingerprint density at radius 1 is 1.28 bits per heavy atom. The zero-order valence-corrected chi connectivity index (χ0v) is 12.2. The molecule has 0 radical (unpaired) electrons. The third-order valence-electron chi connectivity index (χ3n) is 4.73. The maximum Gasteiger partial charge on any atom is 0.0406 e. The lowest BCUT2D eigenvalue weighted by Gasteiger charge is -2.47. The first kappa shape index (κ1) is 13.9. The van der Waals surface area contributed by atoms with Gasteiger partial charge in [0.15, 0.2) is 0 Å². The van der Waals surface area contributed by atoms with Crippen LogP contribution < -0.4 is 5.73 Å². The van der Waals surface area contributed by atoms with Crippen LogP contribution in [0.5, 0.6) is 0 Å². The average molecular weight is 266 g/mol. The Balaban J connectivity index is 2.17. The zero-order chi connectivity index (χ0) is 13.2. The first-order valence-corrected chi connectivity index (χ1v) is 7.48. The van der Waals surface area contributed by atoms with Crippen LogP contribution in [0.3, 0.4) is 0 Å². The fourth-order valence-electron chi connectivity index (χ4n) is 3.04. The maximum atomic E-state index is 6.53. The van der Waals surface area contributed by atoms with Crippen molar-refractivity contribution in [1.29, 1.82) is 0 Å². The summed E-state index contributed by atoms with van der Waals surface area (Å²) in [6.45, 7) is 4.54. The van der Waals surface area contributed by atoms with Gasteiger partial charge in [0, 0.05) is 16.5 Å². The molecule has 0 bridgehead atoms. The van der Waals surface area contributed by atoms with Crippen molar-refractivity contribution in [1.82, 2.24) is 0 Å². The Morgan fingerprint density at radius 3 is 2.33 bits per heavy atom. The molecule has 2 unspecified atom stereocenters. The van der Waals surface area contributed by atoms with Gasteiger partial charge in [-0.3, -0.25) is 0 Å². The standard InChI is InChI=1S/C16H24ClN/c1-3-12(2)11-15(18)16(9-4-10-16)13-5-7-14(17)8-6-13/h5-8,12,15H,3-4,9-11,18H2,1-2H3. The van der Waals surface area contributed by atoms with Gasteiger partial charge in [0.25, 0.3) is 0 Å². The Labute approximate surface area is 116 Å². The van der Waals surface area contributed by atoms with Crippen LogP contribution in [-0.2, 0) is 5.41 Å². The van der Waals surface area contributed by atoms with E-state index < -0.39 is 0 Å². The van der Waals surface area contributed by atoms with Crippen LogP contribution >= 0.6 is 11.6 Å². The number of nitrogens with two attached hydrogens (primary N) is 1. The van der Waals surface area contributed by atoms with Crippen molar-refractivity contribution >= 4 is 11.6 Å². The Hall–Kier alpha value is -0.530. The van der Waals surface area contributed by atoms with Crippen LogP contribution in [0, 0.1) is 5.92 Å². The SMILES string of the molecule is CCC(C)CC(N)C1(c2ccc(Cl)cc2)CCC1. The third-order valence-corrected chi connectivity index (χ3v) is 4.98. The van der Waals surface area contributed by atoms with E-state index in [1.54, 1.807) is 0 Å². The molecule has 1 nitrogen and oxygen atoms in total. The highest BCUT2D eigenvalue weighted by atomic mass is 35.5. The molecule has 18 heavy (non-hydrogen) atoms. The van der Waals surface area contributed by atoms with E-state index in [0.717, 1.165) is 11.4 Å². The third kappa shape index (κ3) is 2.57. The Morgan fingerprint density at radius 2 is 1.89 bits per heavy atom. The van der Waals surface area contributed by atoms with Crippen LogP contribution in [0.4, 0.5) is 0 Å². The van der Waals surface area contributed by atoms with Crippen molar-refractivity contribution in [2.45, 2.75) is 57.4 Å². The van der Waals surface area contributed by atoms with Crippen LogP contribution in [0.25, 0.3) is 0 Å². The summed E-state index contributed by atoms with van der Waals surface area (Å²) in [6.07, 6.45) is 6.10. The van der Waals surface area contributed by atoms with Gasteiger partial charge in [-0.25, -0.2) is 0 Å². The molecule has 1 fully saturated rings. The molecular weight excluding hydrogens is 242 g/mol. The minimum Gasteiger partial charge on any atom is -0.327 e. The summed E-state index contributed by atoms with van der Waals surface area (Å²) in [5.74, 6) is 0.713. The molecule has 1 aliphatic carbocycles. The number of hydrogen-bond acceptors (Lipinski definition) is 1. The molecule has 2 N–H and O–H groups in total. The van der Waals surface area contributed by atoms with Crippen molar-refractivity contribution in [3.63, 3.8) is 0 Å². The molecule has 1 aliphatic rings. The normalized spacial score (nSPS) is 21.1. The van der Waals surface area contributed by atoms with Crippen molar-refractivity contribution < 1.29 is 0 Å². The summed E-state index contributed by atoms with van der Waals surface area (Å²) >= 11 is 5.98. The van der Waals surface area contributed by atoms with Gasteiger partial charge < -0.3 is 5.73 Å². The second kappa shape index (κ2) is 5.63. The fraction of sp³-hybridized carbons (Fsp3) is 0.625. The van der Waals surface area contributed by atoms with Gasteiger partial charge in [-0.15, -0.1) is 0 Å². The number of benzene rings is 1. The summed E-state index contributed by atoms with van der Waals surface area (Å²) in [5.41, 5.74) is 8.13. The van der Waals surface area contributed by atoms with E-state index in [0.29, 0.717) is 5.92 Å². The predicted molar refractivity (Wildman–Crippen MR) is 79.0 cm³/mol. The topological polar surface area (TPSA) is 26.0 Å². The van der Waals surface area contributed by atoms with Crippen molar-refractivity contribution in [2.24, 2.45) is 11.7 Å². The molecular formula is C16H24ClN. The summed E-state index contributed by atoms with van der Waals surface area (Å²) in [4.78, 5) is 0. The van der Waals surface area contributed by atoms with Crippen LogP contribution in [-0.4, -0.2) is 6.04 Å². The van der Waals surface area contributed by atoms with Gasteiger partial charge in [-0.05, 0) is 42.9 Å². The monoisotopic (exact) mass is 265 g/mol. The molecule has 2 atom stereocenters. The van der Waals surface area contributed by atoms with E-state index in [1.807, 2.05) is 12.1 Å². The van der Waals surface area contributed by atoms with E-state index in [4.69, 9.17) is 17.3 Å². The van der Waals surface area contributed by atoms with Crippen molar-refractivity contribution in [3.8, 4) is 0 Å². The zero-order valence-electron chi connectivity index (χ0n) is 11.5. The lowest BCUT2D eigenvalue weighted by Crippen LogP contribution is -2.51. The molecule has 0 amide bonds. The first-order chi connectivity index (χ1) is 8.58. The molecule has 1 saturated carbocycles. The van der Waals surface area contributed by atoms with Crippen LogP contribution in [0.15, 0.2) is 24.3 Å². The minimum atomic E-state index is 0.216. The van der Waals surface area contributed by atoms with Gasteiger partial charge in [-0.1, -0.05) is 50.4 Å². The molecule has 1 aromatic rings. The Kier molecular flexibility index (Phi) is 4.34. The highest BCUT2D eigenvalue weighted by Gasteiger charge is 2.43. The minimum absolute atomic E-state index is 0.216. The lowest BCUT2D eigenvalue weighted by molar-refractivity contribution is 0.175. The highest BCUT2D eigenvalue weighted by Crippen LogP contribution is 2.47. The predicted octanol–water partition coefficient (Wildman–Crippen LogP) is 4.53. The smallest absolute Gasteiger partial charge is 0.0406 e. The summed E-state index contributed by atoms with van der Waals surface area (Å²) in [7, 11) is 0. The molecule has 100 valence electrons. The van der Waals surface area contributed by atoms with Crippen molar-refractivity contribution in [3.05, 3.63) is 34.9 Å². The molecule has 1 aromatic carbocycles. The van der Waals surface area contributed by atoms with E-state index in [2.05, 4.69) is 26.0 Å². The molecule has 0 saturated heterocycles. The van der Waals surface area contributed by atoms with Crippen LogP contribution in [0.2, 0.25) is 5.02 Å². The van der Waals surface area contributed by atoms with Gasteiger partial charge in [0.2, 0.25) is 0 Å². The van der Waals surface area contributed by atoms with Gasteiger partial charge in [0.1, 0.15) is 0 Å². The average Bonchev–Trinajstić information content (AvgIpc) is 2.30. The molecule has 0 aromatic heterocycles.